The van der Waals surface area contributed by atoms with E-state index in [-0.39, 0.29) is 0 Å². The van der Waals surface area contributed by atoms with E-state index in [0.29, 0.717) is 37.1 Å². The summed E-state index contributed by atoms with van der Waals surface area (Å²) >= 11 is 0. The molecule has 1 aromatic heterocycles. The van der Waals surface area contributed by atoms with Gasteiger partial charge in [-0.1, -0.05) is 48.0 Å². The summed E-state index contributed by atoms with van der Waals surface area (Å²) in [6, 6.07) is 20.0. The average Bonchev–Trinajstić information content (AvgIpc) is 3.13. The molecular weight excluding hydrogens is 420 g/mol. The van der Waals surface area contributed by atoms with Crippen LogP contribution in [0.3, 0.4) is 0 Å². The summed E-state index contributed by atoms with van der Waals surface area (Å²) in [7, 11) is 0. The molecule has 2 unspecified atom stereocenters. The van der Waals surface area contributed by atoms with Gasteiger partial charge in [0.1, 0.15) is 0 Å². The molecule has 34 heavy (non-hydrogen) atoms. The van der Waals surface area contributed by atoms with Crippen LogP contribution in [0, 0.1) is 12.8 Å². The number of benzene rings is 2. The van der Waals surface area contributed by atoms with Gasteiger partial charge in [0.05, 0.1) is 10.9 Å². The summed E-state index contributed by atoms with van der Waals surface area (Å²) in [5, 5.41) is 1.22. The van der Waals surface area contributed by atoms with Crippen molar-refractivity contribution < 1.29 is 9.53 Å². The van der Waals surface area contributed by atoms with Gasteiger partial charge in [0.15, 0.2) is 0 Å². The molecule has 2 aromatic carbocycles. The van der Waals surface area contributed by atoms with E-state index < -0.39 is 5.41 Å². The van der Waals surface area contributed by atoms with Crippen molar-refractivity contribution >= 4 is 16.8 Å². The van der Waals surface area contributed by atoms with Gasteiger partial charge in [-0.15, -0.1) is 0 Å². The van der Waals surface area contributed by atoms with Crippen LogP contribution in [0.4, 0.5) is 0 Å². The lowest BCUT2D eigenvalue weighted by atomic mass is 9.71. The first-order valence-corrected chi connectivity index (χ1v) is 12.9. The van der Waals surface area contributed by atoms with Crippen molar-refractivity contribution in [1.29, 1.82) is 0 Å². The van der Waals surface area contributed by atoms with Gasteiger partial charge in [-0.2, -0.15) is 0 Å². The molecular formula is C30H34N2O2. The van der Waals surface area contributed by atoms with E-state index >= 15 is 0 Å². The Hall–Kier alpha value is -2.72. The number of nitrogens with zero attached hydrogens (tertiary/aromatic N) is 2. The first-order chi connectivity index (χ1) is 16.6. The molecule has 4 heteroatoms. The number of carbonyl (C=O) groups is 1. The summed E-state index contributed by atoms with van der Waals surface area (Å²) in [6.07, 6.45) is 9.19. The number of ether oxygens (including phenoxy) is 1. The molecule has 6 rings (SSSR count). The van der Waals surface area contributed by atoms with Gasteiger partial charge >= 0.3 is 0 Å². The highest BCUT2D eigenvalue weighted by Crippen LogP contribution is 2.45. The largest absolute Gasteiger partial charge is 0.381 e. The van der Waals surface area contributed by atoms with Crippen molar-refractivity contribution in [2.45, 2.75) is 69.4 Å². The normalized spacial score (nSPS) is 26.0. The number of rotatable bonds is 4. The van der Waals surface area contributed by atoms with E-state index in [0.717, 1.165) is 50.5 Å². The number of hydrogen-bond acceptors (Lipinski definition) is 3. The quantitative estimate of drug-likeness (QED) is 0.515. The van der Waals surface area contributed by atoms with Gasteiger partial charge in [-0.3, -0.25) is 9.78 Å². The van der Waals surface area contributed by atoms with Crippen molar-refractivity contribution in [3.63, 3.8) is 0 Å². The molecule has 3 saturated heterocycles. The number of fused-ring (bicyclic) bond motifs is 3. The molecule has 1 amide bonds. The summed E-state index contributed by atoms with van der Waals surface area (Å²) in [4.78, 5) is 21.3. The predicted molar refractivity (Wildman–Crippen MR) is 135 cm³/mol. The second-order valence-electron chi connectivity index (χ2n) is 10.7. The fourth-order valence-electron chi connectivity index (χ4n) is 6.89. The second kappa shape index (κ2) is 8.81. The van der Waals surface area contributed by atoms with E-state index in [9.17, 15) is 4.79 Å². The minimum Gasteiger partial charge on any atom is -0.381 e. The summed E-state index contributed by atoms with van der Waals surface area (Å²) in [5.41, 5.74) is 4.36. The van der Waals surface area contributed by atoms with E-state index in [1.807, 2.05) is 6.07 Å². The van der Waals surface area contributed by atoms with Crippen molar-refractivity contribution in [2.24, 2.45) is 5.92 Å². The molecule has 0 radical (unpaired) electrons. The van der Waals surface area contributed by atoms with Crippen LogP contribution in [0.1, 0.15) is 55.2 Å². The maximum absolute atomic E-state index is 14.3. The number of carbonyl (C=O) groups excluding carboxylic acids is 1. The number of aromatic nitrogens is 1. The molecule has 0 aliphatic carbocycles. The third kappa shape index (κ3) is 3.82. The number of pyridine rings is 1. The maximum atomic E-state index is 14.3. The highest BCUT2D eigenvalue weighted by atomic mass is 16.5. The number of piperidine rings is 1. The average molecular weight is 455 g/mol. The molecule has 3 aromatic rings. The Kier molecular flexibility index (Phi) is 5.65. The first kappa shape index (κ1) is 21.8. The van der Waals surface area contributed by atoms with Crippen LogP contribution in [0.15, 0.2) is 60.8 Å². The van der Waals surface area contributed by atoms with Crippen LogP contribution in [-0.4, -0.2) is 41.1 Å². The van der Waals surface area contributed by atoms with Crippen LogP contribution < -0.4 is 0 Å². The third-order valence-corrected chi connectivity index (χ3v) is 8.56. The molecule has 2 bridgehead atoms. The van der Waals surface area contributed by atoms with Crippen molar-refractivity contribution in [3.8, 4) is 0 Å². The van der Waals surface area contributed by atoms with Crippen molar-refractivity contribution in [1.82, 2.24) is 9.88 Å². The molecule has 4 nitrogen and oxygen atoms in total. The zero-order chi connectivity index (χ0) is 23.1. The van der Waals surface area contributed by atoms with Gasteiger partial charge < -0.3 is 9.64 Å². The molecule has 0 spiro atoms. The van der Waals surface area contributed by atoms with E-state index in [4.69, 9.17) is 4.74 Å². The Labute approximate surface area is 202 Å². The predicted octanol–water partition coefficient (Wildman–Crippen LogP) is 5.60. The number of aryl methyl sites for hydroxylation is 1. The van der Waals surface area contributed by atoms with E-state index in [2.05, 4.69) is 71.5 Å². The van der Waals surface area contributed by atoms with Gasteiger partial charge in [-0.25, -0.2) is 0 Å². The Morgan fingerprint density at radius 2 is 1.79 bits per heavy atom. The highest BCUT2D eigenvalue weighted by molar-refractivity contribution is 5.89. The minimum absolute atomic E-state index is 0.361. The Morgan fingerprint density at radius 1 is 1.03 bits per heavy atom. The lowest BCUT2D eigenvalue weighted by Gasteiger charge is -2.46. The number of hydrogen-bond donors (Lipinski definition) is 0. The molecule has 176 valence electrons. The van der Waals surface area contributed by atoms with Gasteiger partial charge in [0, 0.05) is 36.9 Å². The fraction of sp³-hybridized carbons (Fsp3) is 0.467. The molecule has 4 heterocycles. The van der Waals surface area contributed by atoms with Crippen LogP contribution in [0.25, 0.3) is 10.9 Å². The lowest BCUT2D eigenvalue weighted by Crippen LogP contribution is -2.56. The Morgan fingerprint density at radius 3 is 2.56 bits per heavy atom. The molecule has 3 aliphatic rings. The van der Waals surface area contributed by atoms with Gasteiger partial charge in [0.2, 0.25) is 5.91 Å². The standard InChI is InChI=1S/C30H34N2O2/c1-21-5-4-7-25(15-21)30(11-13-34-14-12-30)29(33)32-26-9-10-27(32)19-22(18-26)16-23-17-24-6-2-3-8-28(24)31-20-23/h2-8,15,17,20,22,26-27H,9-14,16,18-19H2,1H3. The van der Waals surface area contributed by atoms with Crippen LogP contribution in [0.5, 0.6) is 0 Å². The Bertz CT molecular complexity index is 1190. The van der Waals surface area contributed by atoms with Crippen LogP contribution in [-0.2, 0) is 21.4 Å². The summed E-state index contributed by atoms with van der Waals surface area (Å²) < 4.78 is 5.72. The molecule has 2 atom stereocenters. The van der Waals surface area contributed by atoms with Gasteiger partial charge in [0.25, 0.3) is 0 Å². The number of para-hydroxylation sites is 1. The monoisotopic (exact) mass is 454 g/mol. The Balaban J connectivity index is 1.23. The highest BCUT2D eigenvalue weighted by Gasteiger charge is 2.51. The third-order valence-electron chi connectivity index (χ3n) is 8.56. The zero-order valence-electron chi connectivity index (χ0n) is 20.1. The lowest BCUT2D eigenvalue weighted by molar-refractivity contribution is -0.146. The van der Waals surface area contributed by atoms with Crippen LogP contribution in [0.2, 0.25) is 0 Å². The molecule has 3 fully saturated rings. The smallest absolute Gasteiger partial charge is 0.233 e. The molecule has 0 saturated carbocycles. The molecule has 0 N–H and O–H groups in total. The van der Waals surface area contributed by atoms with Crippen LogP contribution >= 0.6 is 0 Å². The van der Waals surface area contributed by atoms with E-state index in [1.54, 1.807) is 0 Å². The zero-order valence-corrected chi connectivity index (χ0v) is 20.1. The second-order valence-corrected chi connectivity index (χ2v) is 10.7. The summed E-state index contributed by atoms with van der Waals surface area (Å²) in [6.45, 7) is 3.46. The summed E-state index contributed by atoms with van der Waals surface area (Å²) in [5.74, 6) is 0.980. The first-order valence-electron chi connectivity index (χ1n) is 12.9. The maximum Gasteiger partial charge on any atom is 0.233 e. The minimum atomic E-state index is -0.430. The molecule has 3 aliphatic heterocycles. The SMILES string of the molecule is Cc1cccc(C2(C(=O)N3C4CCC3CC(Cc3cnc5ccccc5c3)C4)CCOCC2)c1. The van der Waals surface area contributed by atoms with Gasteiger partial charge in [-0.05, 0) is 81.0 Å². The van der Waals surface area contributed by atoms with E-state index in [1.165, 1.54) is 22.1 Å². The van der Waals surface area contributed by atoms with Crippen molar-refractivity contribution in [3.05, 3.63) is 77.5 Å². The topological polar surface area (TPSA) is 42.4 Å². The fourth-order valence-corrected chi connectivity index (χ4v) is 6.89. The number of amides is 1. The van der Waals surface area contributed by atoms with Crippen molar-refractivity contribution in [2.75, 3.05) is 13.2 Å².